The Morgan fingerprint density at radius 3 is 3.17 bits per heavy atom. The van der Waals surface area contributed by atoms with Crippen molar-refractivity contribution in [2.24, 2.45) is 16.8 Å². The molecule has 68 valence electrons. The standard InChI is InChI=1S/C7H13N3OS/c8-7(12)10-9-4-6-2-1-3-11-5-6/h4,6H,1-3,5H2,(H3,8,10,12). The van der Waals surface area contributed by atoms with E-state index in [1.165, 1.54) is 0 Å². The summed E-state index contributed by atoms with van der Waals surface area (Å²) in [6.07, 6.45) is 4.03. The van der Waals surface area contributed by atoms with Crippen LogP contribution in [0.15, 0.2) is 5.10 Å². The minimum atomic E-state index is 0.197. The number of nitrogens with zero attached hydrogens (tertiary/aromatic N) is 1. The highest BCUT2D eigenvalue weighted by Gasteiger charge is 2.10. The largest absolute Gasteiger partial charge is 0.381 e. The molecular weight excluding hydrogens is 174 g/mol. The zero-order valence-corrected chi connectivity index (χ0v) is 7.64. The van der Waals surface area contributed by atoms with Crippen LogP contribution in [-0.2, 0) is 4.74 Å². The van der Waals surface area contributed by atoms with Crippen LogP contribution in [0, 0.1) is 5.92 Å². The number of hydrogen-bond acceptors (Lipinski definition) is 3. The first-order valence-electron chi connectivity index (χ1n) is 3.95. The van der Waals surface area contributed by atoms with E-state index < -0.39 is 0 Å². The van der Waals surface area contributed by atoms with Crippen LogP contribution in [0.1, 0.15) is 12.8 Å². The second-order valence-corrected chi connectivity index (χ2v) is 3.17. The van der Waals surface area contributed by atoms with Crippen LogP contribution in [0.25, 0.3) is 0 Å². The Labute approximate surface area is 77.2 Å². The maximum absolute atomic E-state index is 5.26. The van der Waals surface area contributed by atoms with Gasteiger partial charge in [-0.25, -0.2) is 0 Å². The number of rotatable bonds is 2. The third kappa shape index (κ3) is 3.64. The molecule has 0 bridgehead atoms. The zero-order valence-electron chi connectivity index (χ0n) is 6.82. The molecule has 1 fully saturated rings. The highest BCUT2D eigenvalue weighted by Crippen LogP contribution is 2.10. The Kier molecular flexibility index (Phi) is 3.96. The van der Waals surface area contributed by atoms with Gasteiger partial charge in [-0.1, -0.05) is 0 Å². The third-order valence-electron chi connectivity index (χ3n) is 1.66. The summed E-state index contributed by atoms with van der Waals surface area (Å²) in [5.41, 5.74) is 7.70. The van der Waals surface area contributed by atoms with Gasteiger partial charge in [0.1, 0.15) is 0 Å². The van der Waals surface area contributed by atoms with Crippen LogP contribution in [0.4, 0.5) is 0 Å². The number of ether oxygens (including phenoxy) is 1. The van der Waals surface area contributed by atoms with E-state index in [2.05, 4.69) is 22.7 Å². The van der Waals surface area contributed by atoms with Crippen molar-refractivity contribution < 1.29 is 4.74 Å². The highest BCUT2D eigenvalue weighted by molar-refractivity contribution is 7.80. The lowest BCUT2D eigenvalue weighted by Crippen LogP contribution is -2.26. The molecule has 0 aliphatic carbocycles. The molecule has 0 aromatic rings. The van der Waals surface area contributed by atoms with Gasteiger partial charge in [0.15, 0.2) is 5.11 Å². The first-order valence-corrected chi connectivity index (χ1v) is 4.36. The van der Waals surface area contributed by atoms with Gasteiger partial charge in [-0.15, -0.1) is 0 Å². The van der Waals surface area contributed by atoms with Crippen molar-refractivity contribution >= 4 is 23.5 Å². The van der Waals surface area contributed by atoms with Crippen molar-refractivity contribution in [2.45, 2.75) is 12.8 Å². The highest BCUT2D eigenvalue weighted by atomic mass is 32.1. The molecule has 1 heterocycles. The summed E-state index contributed by atoms with van der Waals surface area (Å²) >= 11 is 4.58. The van der Waals surface area contributed by atoms with E-state index in [4.69, 9.17) is 10.5 Å². The van der Waals surface area contributed by atoms with Gasteiger partial charge < -0.3 is 10.5 Å². The molecule has 0 saturated carbocycles. The van der Waals surface area contributed by atoms with E-state index >= 15 is 0 Å². The molecule has 1 unspecified atom stereocenters. The van der Waals surface area contributed by atoms with Gasteiger partial charge in [0.2, 0.25) is 0 Å². The second-order valence-electron chi connectivity index (χ2n) is 2.73. The molecule has 1 atom stereocenters. The first-order chi connectivity index (χ1) is 5.79. The van der Waals surface area contributed by atoms with Crippen LogP contribution >= 0.6 is 12.2 Å². The van der Waals surface area contributed by atoms with Crippen molar-refractivity contribution in [3.8, 4) is 0 Å². The number of nitrogens with two attached hydrogens (primary N) is 1. The quantitative estimate of drug-likeness (QED) is 0.369. The second kappa shape index (κ2) is 5.05. The zero-order chi connectivity index (χ0) is 8.81. The van der Waals surface area contributed by atoms with Gasteiger partial charge in [-0.2, -0.15) is 5.10 Å². The van der Waals surface area contributed by atoms with Gasteiger partial charge in [-0.3, -0.25) is 5.43 Å². The minimum Gasteiger partial charge on any atom is -0.381 e. The summed E-state index contributed by atoms with van der Waals surface area (Å²) in [6, 6.07) is 0. The van der Waals surface area contributed by atoms with Crippen LogP contribution in [0.2, 0.25) is 0 Å². The number of nitrogens with one attached hydrogen (secondary N) is 1. The summed E-state index contributed by atoms with van der Waals surface area (Å²) in [7, 11) is 0. The molecule has 1 aliphatic rings. The van der Waals surface area contributed by atoms with E-state index in [1.54, 1.807) is 6.21 Å². The Morgan fingerprint density at radius 1 is 1.75 bits per heavy atom. The Hall–Kier alpha value is -0.680. The van der Waals surface area contributed by atoms with Crippen molar-refractivity contribution in [1.82, 2.24) is 5.43 Å². The Balaban J connectivity index is 2.19. The van der Waals surface area contributed by atoms with Gasteiger partial charge in [0, 0.05) is 18.7 Å². The lowest BCUT2D eigenvalue weighted by molar-refractivity contribution is 0.0782. The molecule has 3 N–H and O–H groups in total. The topological polar surface area (TPSA) is 59.6 Å². The number of thiocarbonyl (C=S) groups is 1. The molecule has 0 amide bonds. The fourth-order valence-electron chi connectivity index (χ4n) is 1.09. The Morgan fingerprint density at radius 2 is 2.58 bits per heavy atom. The molecule has 1 rings (SSSR count). The number of hydrogen-bond donors (Lipinski definition) is 2. The summed E-state index contributed by atoms with van der Waals surface area (Å²) in [5.74, 6) is 0.403. The van der Waals surface area contributed by atoms with Crippen LogP contribution < -0.4 is 11.2 Å². The SMILES string of the molecule is NC(=S)NN=CC1CCCOC1. The summed E-state index contributed by atoms with van der Waals surface area (Å²) < 4.78 is 5.26. The van der Waals surface area contributed by atoms with Crippen molar-refractivity contribution in [1.29, 1.82) is 0 Å². The van der Waals surface area contributed by atoms with E-state index in [1.807, 2.05) is 0 Å². The average Bonchev–Trinajstić information content (AvgIpc) is 2.05. The Bertz CT molecular complexity index is 177. The van der Waals surface area contributed by atoms with E-state index in [0.717, 1.165) is 26.1 Å². The van der Waals surface area contributed by atoms with Crippen LogP contribution in [0.5, 0.6) is 0 Å². The summed E-state index contributed by atoms with van der Waals surface area (Å²) in [4.78, 5) is 0. The molecule has 4 nitrogen and oxygen atoms in total. The monoisotopic (exact) mass is 187 g/mol. The van der Waals surface area contributed by atoms with Gasteiger partial charge in [-0.05, 0) is 25.1 Å². The van der Waals surface area contributed by atoms with Gasteiger partial charge in [0.05, 0.1) is 6.61 Å². The lowest BCUT2D eigenvalue weighted by Gasteiger charge is -2.17. The van der Waals surface area contributed by atoms with Crippen molar-refractivity contribution in [2.75, 3.05) is 13.2 Å². The summed E-state index contributed by atoms with van der Waals surface area (Å²) in [6.45, 7) is 1.62. The predicted molar refractivity (Wildman–Crippen MR) is 52.0 cm³/mol. The maximum atomic E-state index is 5.26. The molecule has 0 spiro atoms. The van der Waals surface area contributed by atoms with Crippen LogP contribution in [0.3, 0.4) is 0 Å². The van der Waals surface area contributed by atoms with Gasteiger partial charge in [0.25, 0.3) is 0 Å². The summed E-state index contributed by atoms with van der Waals surface area (Å²) in [5, 5.41) is 4.07. The third-order valence-corrected chi connectivity index (χ3v) is 1.75. The lowest BCUT2D eigenvalue weighted by atomic mass is 10.0. The van der Waals surface area contributed by atoms with Crippen molar-refractivity contribution in [3.63, 3.8) is 0 Å². The molecular formula is C7H13N3OS. The average molecular weight is 187 g/mol. The number of hydrazone groups is 1. The fraction of sp³-hybridized carbons (Fsp3) is 0.714. The van der Waals surface area contributed by atoms with Gasteiger partial charge >= 0.3 is 0 Å². The smallest absolute Gasteiger partial charge is 0.184 e. The van der Waals surface area contributed by atoms with Crippen molar-refractivity contribution in [3.05, 3.63) is 0 Å². The van der Waals surface area contributed by atoms with E-state index in [9.17, 15) is 0 Å². The molecule has 0 aromatic carbocycles. The molecule has 12 heavy (non-hydrogen) atoms. The normalized spacial score (nSPS) is 24.2. The molecule has 1 aliphatic heterocycles. The molecule has 0 aromatic heterocycles. The molecule has 0 radical (unpaired) electrons. The first kappa shape index (κ1) is 9.41. The molecule has 5 heteroatoms. The van der Waals surface area contributed by atoms with E-state index in [0.29, 0.717) is 5.92 Å². The minimum absolute atomic E-state index is 0.197. The predicted octanol–water partition coefficient (Wildman–Crippen LogP) is 0.232. The fourth-order valence-corrected chi connectivity index (χ4v) is 1.14. The maximum Gasteiger partial charge on any atom is 0.184 e. The van der Waals surface area contributed by atoms with Crippen LogP contribution in [-0.4, -0.2) is 24.5 Å². The molecule has 1 saturated heterocycles. The van der Waals surface area contributed by atoms with E-state index in [-0.39, 0.29) is 5.11 Å².